The Hall–Kier alpha value is -4.35. The Kier molecular flexibility index (Phi) is 9.52. The zero-order valence-corrected chi connectivity index (χ0v) is 28.9. The molecule has 260 valence electrons. The first kappa shape index (κ1) is 34.5. The summed E-state index contributed by atoms with van der Waals surface area (Å²) in [6.45, 7) is 16.4. The molecular formula is C38H48N6O5. The number of aromatic nitrogens is 3. The number of fused-ring (bicyclic) bond motifs is 2. The highest BCUT2D eigenvalue weighted by atomic mass is 16.5. The van der Waals surface area contributed by atoms with Gasteiger partial charge in [0, 0.05) is 19.6 Å². The first-order chi connectivity index (χ1) is 23.5. The molecule has 11 nitrogen and oxygen atoms in total. The summed E-state index contributed by atoms with van der Waals surface area (Å²) in [7, 11) is 0. The van der Waals surface area contributed by atoms with Gasteiger partial charge in [-0.25, -0.2) is 4.68 Å². The molecule has 4 heterocycles. The molecule has 3 fully saturated rings. The van der Waals surface area contributed by atoms with Gasteiger partial charge in [-0.1, -0.05) is 80.6 Å². The maximum atomic E-state index is 15.1. The van der Waals surface area contributed by atoms with E-state index in [1.807, 2.05) is 82.3 Å². The summed E-state index contributed by atoms with van der Waals surface area (Å²) in [5, 5.41) is 19.4. The topological polar surface area (TPSA) is 121 Å². The molecule has 6 rings (SSSR count). The van der Waals surface area contributed by atoms with E-state index in [4.69, 9.17) is 4.74 Å². The fourth-order valence-electron chi connectivity index (χ4n) is 8.66. The molecule has 7 atom stereocenters. The van der Waals surface area contributed by atoms with E-state index in [1.54, 1.807) is 31.5 Å². The van der Waals surface area contributed by atoms with Gasteiger partial charge in [0.1, 0.15) is 23.8 Å². The Labute approximate surface area is 288 Å². The number of aliphatic hydroxyl groups excluding tert-OH is 1. The van der Waals surface area contributed by atoms with Crippen LogP contribution in [0, 0.1) is 23.7 Å². The van der Waals surface area contributed by atoms with Crippen LogP contribution in [0.15, 0.2) is 79.9 Å². The first-order valence-electron chi connectivity index (χ1n) is 17.2. The van der Waals surface area contributed by atoms with Gasteiger partial charge in [-0.05, 0) is 49.3 Å². The Morgan fingerprint density at radius 1 is 1.06 bits per heavy atom. The average Bonchev–Trinajstić information content (AvgIpc) is 3.76. The average molecular weight is 669 g/mol. The number of rotatable bonds is 14. The van der Waals surface area contributed by atoms with E-state index >= 15 is 4.79 Å². The zero-order chi connectivity index (χ0) is 35.1. The van der Waals surface area contributed by atoms with Crippen molar-refractivity contribution < 1.29 is 24.2 Å². The molecular weight excluding hydrogens is 620 g/mol. The maximum Gasteiger partial charge on any atom is 0.250 e. The summed E-state index contributed by atoms with van der Waals surface area (Å²) < 4.78 is 8.70. The van der Waals surface area contributed by atoms with Crippen LogP contribution in [0.25, 0.3) is 11.0 Å². The zero-order valence-electron chi connectivity index (χ0n) is 28.9. The van der Waals surface area contributed by atoms with E-state index in [9.17, 15) is 14.7 Å². The van der Waals surface area contributed by atoms with Crippen LogP contribution in [0.1, 0.15) is 46.1 Å². The number of para-hydroxylation sites is 1. The second kappa shape index (κ2) is 13.5. The second-order valence-electron chi connectivity index (χ2n) is 14.5. The third-order valence-electron chi connectivity index (χ3n) is 10.9. The van der Waals surface area contributed by atoms with Crippen LogP contribution in [0.2, 0.25) is 0 Å². The molecule has 0 saturated carbocycles. The molecule has 3 aliphatic heterocycles. The normalized spacial score (nSPS) is 27.8. The van der Waals surface area contributed by atoms with Crippen LogP contribution < -0.4 is 0 Å². The lowest BCUT2D eigenvalue weighted by Crippen LogP contribution is -2.59. The molecule has 3 amide bonds. The number of hydrogen-bond acceptors (Lipinski definition) is 7. The molecule has 3 saturated heterocycles. The minimum Gasteiger partial charge on any atom is -0.394 e. The number of ether oxygens (including phenoxy) is 1. The van der Waals surface area contributed by atoms with Crippen molar-refractivity contribution in [2.24, 2.45) is 23.7 Å². The molecule has 1 aromatic heterocycles. The lowest BCUT2D eigenvalue weighted by atomic mass is 9.62. The fourth-order valence-corrected chi connectivity index (χ4v) is 8.66. The Morgan fingerprint density at radius 2 is 1.73 bits per heavy atom. The minimum atomic E-state index is -1.27. The van der Waals surface area contributed by atoms with Crippen LogP contribution in [0.4, 0.5) is 0 Å². The van der Waals surface area contributed by atoms with E-state index in [-0.39, 0.29) is 49.4 Å². The summed E-state index contributed by atoms with van der Waals surface area (Å²) in [4.78, 5) is 49.8. The molecule has 2 aromatic carbocycles. The van der Waals surface area contributed by atoms with E-state index in [1.165, 1.54) is 0 Å². The van der Waals surface area contributed by atoms with Gasteiger partial charge in [0.25, 0.3) is 0 Å². The largest absolute Gasteiger partial charge is 0.394 e. The van der Waals surface area contributed by atoms with Crippen LogP contribution in [-0.2, 0) is 32.3 Å². The summed E-state index contributed by atoms with van der Waals surface area (Å²) in [6, 6.07) is 15.5. The smallest absolute Gasteiger partial charge is 0.250 e. The predicted molar refractivity (Wildman–Crippen MR) is 185 cm³/mol. The highest BCUT2D eigenvalue weighted by Crippen LogP contribution is 2.66. The summed E-state index contributed by atoms with van der Waals surface area (Å²) in [5.74, 6) is -2.61. The van der Waals surface area contributed by atoms with Crippen LogP contribution >= 0.6 is 0 Å². The summed E-state index contributed by atoms with van der Waals surface area (Å²) >= 11 is 0. The summed E-state index contributed by atoms with van der Waals surface area (Å²) in [6.07, 6.45) is 4.23. The Balaban J connectivity index is 1.44. The summed E-state index contributed by atoms with van der Waals surface area (Å²) in [5.41, 5.74) is 0.154. The lowest BCUT2D eigenvalue weighted by molar-refractivity contribution is -0.159. The third-order valence-corrected chi connectivity index (χ3v) is 10.9. The van der Waals surface area contributed by atoms with Gasteiger partial charge in [0.05, 0.1) is 35.6 Å². The number of hydrogen-bond donors (Lipinski definition) is 1. The van der Waals surface area contributed by atoms with E-state index in [0.29, 0.717) is 31.4 Å². The lowest BCUT2D eigenvalue weighted by Gasteiger charge is -2.39. The standard InChI is InChI=1S/C38H48N6O5/c1-7-18-41(22-27-14-10-9-11-15-27)34(46)31-32-35(47)44(28(23-45)20-25(3)4)33(38(32)21-26(5)37(31,6)49-38)36(48)42(19-8-2)24-43-30-17-13-12-16-29(30)39-40-43/h7-17,25-26,28,31-33,45H,1-2,18-24H2,3-6H3/t26?,28-,31-,32+,33?,37+,38?/m1/s1. The highest BCUT2D eigenvalue weighted by Gasteiger charge is 2.80. The molecule has 1 N–H and O–H groups in total. The van der Waals surface area contributed by atoms with Crippen molar-refractivity contribution >= 4 is 28.8 Å². The van der Waals surface area contributed by atoms with Crippen molar-refractivity contribution in [1.82, 2.24) is 29.7 Å². The molecule has 2 bridgehead atoms. The number of amides is 3. The first-order valence-corrected chi connectivity index (χ1v) is 17.2. The van der Waals surface area contributed by atoms with Crippen LogP contribution in [-0.4, -0.2) is 95.5 Å². The van der Waals surface area contributed by atoms with Gasteiger partial charge in [-0.3, -0.25) is 14.4 Å². The predicted octanol–water partition coefficient (Wildman–Crippen LogP) is 4.04. The van der Waals surface area contributed by atoms with E-state index in [0.717, 1.165) is 11.1 Å². The fraction of sp³-hybridized carbons (Fsp3) is 0.500. The van der Waals surface area contributed by atoms with Gasteiger partial charge >= 0.3 is 0 Å². The number of carbonyl (C=O) groups is 3. The number of aliphatic hydroxyl groups is 1. The minimum absolute atomic E-state index is 0.0674. The van der Waals surface area contributed by atoms with Crippen LogP contribution in [0.3, 0.4) is 0 Å². The monoisotopic (exact) mass is 668 g/mol. The second-order valence-corrected chi connectivity index (χ2v) is 14.5. The van der Waals surface area contributed by atoms with Gasteiger partial charge in [0.15, 0.2) is 0 Å². The molecule has 3 aliphatic rings. The van der Waals surface area contributed by atoms with Crippen molar-refractivity contribution in [3.05, 3.63) is 85.5 Å². The third kappa shape index (κ3) is 5.76. The number of nitrogens with zero attached hydrogens (tertiary/aromatic N) is 6. The number of likely N-dealkylation sites (tertiary alicyclic amines) is 1. The van der Waals surface area contributed by atoms with Crippen LogP contribution in [0.5, 0.6) is 0 Å². The maximum absolute atomic E-state index is 15.1. The Bertz CT molecular complexity index is 1730. The number of carbonyl (C=O) groups excluding carboxylic acids is 3. The molecule has 0 radical (unpaired) electrons. The van der Waals surface area contributed by atoms with Crippen molar-refractivity contribution in [2.75, 3.05) is 19.7 Å². The SMILES string of the molecule is C=CCN(Cn1nnc2ccccc21)C(=O)C1N([C@@H](CO)CC(C)C)C(=O)[C@@H]2[C@H](C(=O)N(CC=C)Cc3ccccc3)[C@@]3(C)OC12CC3C. The highest BCUT2D eigenvalue weighted by molar-refractivity contribution is 5.99. The van der Waals surface area contributed by atoms with Crippen molar-refractivity contribution in [1.29, 1.82) is 0 Å². The quantitative estimate of drug-likeness (QED) is 0.258. The van der Waals surface area contributed by atoms with E-state index < -0.39 is 35.1 Å². The molecule has 3 aromatic rings. The molecule has 11 heteroatoms. The van der Waals surface area contributed by atoms with Gasteiger partial charge < -0.3 is 24.5 Å². The number of benzene rings is 2. The van der Waals surface area contributed by atoms with Crippen molar-refractivity contribution in [3.8, 4) is 0 Å². The van der Waals surface area contributed by atoms with Crippen molar-refractivity contribution in [2.45, 2.75) is 77.0 Å². The van der Waals surface area contributed by atoms with Gasteiger partial charge in [0.2, 0.25) is 17.7 Å². The molecule has 3 unspecified atom stereocenters. The van der Waals surface area contributed by atoms with E-state index in [2.05, 4.69) is 23.5 Å². The molecule has 0 aliphatic carbocycles. The van der Waals surface area contributed by atoms with Crippen molar-refractivity contribution in [3.63, 3.8) is 0 Å². The molecule has 1 spiro atoms. The van der Waals surface area contributed by atoms with Gasteiger partial charge in [-0.2, -0.15) is 0 Å². The Morgan fingerprint density at radius 3 is 2.41 bits per heavy atom. The van der Waals surface area contributed by atoms with Gasteiger partial charge in [-0.15, -0.1) is 18.3 Å². The molecule has 49 heavy (non-hydrogen) atoms.